The molecule has 0 saturated heterocycles. The van der Waals surface area contributed by atoms with Gasteiger partial charge in [-0.3, -0.25) is 4.79 Å². The molecule has 3 rings (SSSR count). The highest BCUT2D eigenvalue weighted by atomic mass is 32.1. The predicted octanol–water partition coefficient (Wildman–Crippen LogP) is 4.42. The van der Waals surface area contributed by atoms with Crippen LogP contribution >= 0.6 is 11.3 Å². The van der Waals surface area contributed by atoms with Crippen molar-refractivity contribution in [1.29, 1.82) is 0 Å². The van der Waals surface area contributed by atoms with Crippen molar-refractivity contribution in [2.24, 2.45) is 0 Å². The van der Waals surface area contributed by atoms with Gasteiger partial charge in [0.2, 0.25) is 0 Å². The first kappa shape index (κ1) is 18.1. The molecule has 0 radical (unpaired) electrons. The summed E-state index contributed by atoms with van der Waals surface area (Å²) in [6.45, 7) is 4.68. The summed E-state index contributed by atoms with van der Waals surface area (Å²) < 4.78 is 5.57. The van der Waals surface area contributed by atoms with Crippen LogP contribution in [0.3, 0.4) is 0 Å². The molecule has 0 aliphatic heterocycles. The minimum absolute atomic E-state index is 0.0111. The average molecular weight is 366 g/mol. The van der Waals surface area contributed by atoms with Gasteiger partial charge in [-0.05, 0) is 42.7 Å². The van der Waals surface area contributed by atoms with Gasteiger partial charge in [0.15, 0.2) is 6.61 Å². The maximum atomic E-state index is 12.0. The van der Waals surface area contributed by atoms with Crippen molar-refractivity contribution >= 4 is 17.2 Å². The molecule has 26 heavy (non-hydrogen) atoms. The predicted molar refractivity (Wildman–Crippen MR) is 106 cm³/mol. The van der Waals surface area contributed by atoms with Crippen molar-refractivity contribution in [3.63, 3.8) is 0 Å². The van der Waals surface area contributed by atoms with Crippen LogP contribution in [0.4, 0.5) is 0 Å². The normalized spacial score (nSPS) is 11.8. The highest BCUT2D eigenvalue weighted by Gasteiger charge is 2.08. The molecule has 0 aliphatic rings. The van der Waals surface area contributed by atoms with E-state index in [0.29, 0.717) is 12.3 Å². The van der Waals surface area contributed by atoms with Crippen LogP contribution in [-0.2, 0) is 4.79 Å². The minimum atomic E-state index is -0.118. The zero-order chi connectivity index (χ0) is 18.4. The molecule has 0 bridgehead atoms. The fraction of sp³-hybridized carbons (Fsp3) is 0.238. The number of amides is 1. The number of carbonyl (C=O) groups excluding carboxylic acids is 1. The van der Waals surface area contributed by atoms with Gasteiger partial charge in [-0.25, -0.2) is 4.98 Å². The van der Waals surface area contributed by atoms with Gasteiger partial charge >= 0.3 is 0 Å². The van der Waals surface area contributed by atoms with Crippen LogP contribution in [0.15, 0.2) is 60.0 Å². The Morgan fingerprint density at radius 3 is 2.54 bits per heavy atom. The molecule has 4 nitrogen and oxygen atoms in total. The Balaban J connectivity index is 1.45. The molecule has 134 valence electrons. The molecule has 1 N–H and O–H groups in total. The topological polar surface area (TPSA) is 51.2 Å². The monoisotopic (exact) mass is 366 g/mol. The Morgan fingerprint density at radius 2 is 1.88 bits per heavy atom. The summed E-state index contributed by atoms with van der Waals surface area (Å²) in [5.41, 5.74) is 3.28. The molecular formula is C21H22N2O2S. The van der Waals surface area contributed by atoms with Crippen molar-refractivity contribution in [3.8, 4) is 16.3 Å². The molecule has 1 aromatic heterocycles. The maximum Gasteiger partial charge on any atom is 0.257 e. The summed E-state index contributed by atoms with van der Waals surface area (Å²) in [4.78, 5) is 16.5. The smallest absolute Gasteiger partial charge is 0.257 e. The van der Waals surface area contributed by atoms with Crippen LogP contribution in [0.1, 0.15) is 24.1 Å². The number of aromatic nitrogens is 1. The number of aryl methyl sites for hydroxylation is 1. The number of nitrogens with zero attached hydrogens (tertiary/aromatic N) is 1. The second-order valence-corrected chi connectivity index (χ2v) is 7.08. The molecule has 0 spiro atoms. The van der Waals surface area contributed by atoms with Crippen LogP contribution < -0.4 is 10.1 Å². The van der Waals surface area contributed by atoms with Crippen LogP contribution in [0.5, 0.6) is 5.75 Å². The lowest BCUT2D eigenvalue weighted by Gasteiger charge is -2.13. The zero-order valence-corrected chi connectivity index (χ0v) is 15.8. The molecule has 3 aromatic rings. The summed E-state index contributed by atoms with van der Waals surface area (Å²) in [5, 5.41) is 5.93. The standard InChI is InChI=1S/C21H22N2O2S/c1-15(17-6-4-3-5-7-17)12-22-20(24)13-25-19-10-8-18(9-11-19)21-23-16(2)14-26-21/h3-11,14-15H,12-13H2,1-2H3,(H,22,24)/t15-/m1/s1. The van der Waals surface area contributed by atoms with Crippen LogP contribution in [-0.4, -0.2) is 24.0 Å². The van der Waals surface area contributed by atoms with Crippen molar-refractivity contribution in [2.45, 2.75) is 19.8 Å². The lowest BCUT2D eigenvalue weighted by molar-refractivity contribution is -0.123. The number of benzene rings is 2. The van der Waals surface area contributed by atoms with Gasteiger partial charge in [-0.2, -0.15) is 0 Å². The number of hydrogen-bond donors (Lipinski definition) is 1. The quantitative estimate of drug-likeness (QED) is 0.673. The fourth-order valence-corrected chi connectivity index (χ4v) is 3.35. The van der Waals surface area contributed by atoms with E-state index in [1.54, 1.807) is 11.3 Å². The van der Waals surface area contributed by atoms with Crippen LogP contribution in [0, 0.1) is 6.92 Å². The largest absolute Gasteiger partial charge is 0.484 e. The second-order valence-electron chi connectivity index (χ2n) is 6.22. The Kier molecular flexibility index (Phi) is 6.02. The van der Waals surface area contributed by atoms with Crippen molar-refractivity contribution in [3.05, 3.63) is 71.2 Å². The van der Waals surface area contributed by atoms with Gasteiger partial charge in [-0.1, -0.05) is 37.3 Å². The SMILES string of the molecule is Cc1csc(-c2ccc(OCC(=O)NC[C@@H](C)c3ccccc3)cc2)n1. The summed E-state index contributed by atoms with van der Waals surface area (Å²) in [6, 6.07) is 17.8. The molecule has 0 unspecified atom stereocenters. The summed E-state index contributed by atoms with van der Waals surface area (Å²) in [5.74, 6) is 0.821. The number of hydrogen-bond acceptors (Lipinski definition) is 4. The summed E-state index contributed by atoms with van der Waals surface area (Å²) in [6.07, 6.45) is 0. The van der Waals surface area contributed by atoms with Crippen molar-refractivity contribution in [1.82, 2.24) is 10.3 Å². The second kappa shape index (κ2) is 8.63. The summed E-state index contributed by atoms with van der Waals surface area (Å²) >= 11 is 1.62. The number of rotatable bonds is 7. The number of nitrogens with one attached hydrogen (secondary N) is 1. The van der Waals surface area contributed by atoms with E-state index in [1.807, 2.05) is 54.8 Å². The Morgan fingerprint density at radius 1 is 1.15 bits per heavy atom. The number of thiazole rings is 1. The molecule has 2 aromatic carbocycles. The number of ether oxygens (including phenoxy) is 1. The fourth-order valence-electron chi connectivity index (χ4n) is 2.55. The number of carbonyl (C=O) groups is 1. The first-order valence-corrected chi connectivity index (χ1v) is 9.47. The third-order valence-corrected chi connectivity index (χ3v) is 5.07. The van der Waals surface area contributed by atoms with Crippen LogP contribution in [0.25, 0.3) is 10.6 Å². The Bertz CT molecular complexity index is 844. The molecule has 0 saturated carbocycles. The first-order chi connectivity index (χ1) is 12.6. The van der Waals surface area contributed by atoms with E-state index in [9.17, 15) is 4.79 Å². The van der Waals surface area contributed by atoms with E-state index < -0.39 is 0 Å². The highest BCUT2D eigenvalue weighted by Crippen LogP contribution is 2.25. The van der Waals surface area contributed by atoms with E-state index in [4.69, 9.17) is 4.74 Å². The zero-order valence-electron chi connectivity index (χ0n) is 14.9. The van der Waals surface area contributed by atoms with Gasteiger partial charge in [0.05, 0.1) is 0 Å². The third-order valence-electron chi connectivity index (χ3n) is 4.06. The third kappa shape index (κ3) is 4.92. The summed E-state index contributed by atoms with van der Waals surface area (Å²) in [7, 11) is 0. The highest BCUT2D eigenvalue weighted by molar-refractivity contribution is 7.13. The van der Waals surface area contributed by atoms with E-state index in [2.05, 4.69) is 29.4 Å². The molecule has 5 heteroatoms. The van der Waals surface area contributed by atoms with E-state index >= 15 is 0 Å². The Hall–Kier alpha value is -2.66. The average Bonchev–Trinajstić information content (AvgIpc) is 3.12. The van der Waals surface area contributed by atoms with E-state index in [1.165, 1.54) is 5.56 Å². The molecule has 1 heterocycles. The van der Waals surface area contributed by atoms with Crippen LogP contribution in [0.2, 0.25) is 0 Å². The van der Waals surface area contributed by atoms with E-state index in [-0.39, 0.29) is 18.4 Å². The van der Waals surface area contributed by atoms with Gasteiger partial charge in [-0.15, -0.1) is 11.3 Å². The first-order valence-electron chi connectivity index (χ1n) is 8.59. The molecule has 1 atom stereocenters. The lowest BCUT2D eigenvalue weighted by atomic mass is 10.0. The molecule has 0 aliphatic carbocycles. The van der Waals surface area contributed by atoms with Crippen molar-refractivity contribution < 1.29 is 9.53 Å². The van der Waals surface area contributed by atoms with E-state index in [0.717, 1.165) is 16.3 Å². The van der Waals surface area contributed by atoms with Crippen molar-refractivity contribution in [2.75, 3.05) is 13.2 Å². The maximum absolute atomic E-state index is 12.0. The van der Waals surface area contributed by atoms with Gasteiger partial charge < -0.3 is 10.1 Å². The molecule has 0 fully saturated rings. The molecular weight excluding hydrogens is 344 g/mol. The van der Waals surface area contributed by atoms with Gasteiger partial charge in [0.25, 0.3) is 5.91 Å². The van der Waals surface area contributed by atoms with Gasteiger partial charge in [0, 0.05) is 23.2 Å². The van der Waals surface area contributed by atoms with Gasteiger partial charge in [0.1, 0.15) is 10.8 Å². The Labute approximate surface area is 157 Å². The minimum Gasteiger partial charge on any atom is -0.484 e. The lowest BCUT2D eigenvalue weighted by Crippen LogP contribution is -2.31. The molecule has 1 amide bonds.